The van der Waals surface area contributed by atoms with Gasteiger partial charge in [0.1, 0.15) is 0 Å². The van der Waals surface area contributed by atoms with Gasteiger partial charge in [0.25, 0.3) is 5.91 Å². The minimum atomic E-state index is -0.647. The number of rotatable bonds is 3. The minimum absolute atomic E-state index is 0.192. The van der Waals surface area contributed by atoms with Gasteiger partial charge in [0.2, 0.25) is 11.8 Å². The van der Waals surface area contributed by atoms with Crippen LogP contribution in [0, 0.1) is 0 Å². The van der Waals surface area contributed by atoms with Crippen LogP contribution in [0.25, 0.3) is 0 Å². The number of carbonyl (C=O) groups is 3. The summed E-state index contributed by atoms with van der Waals surface area (Å²) in [5, 5.41) is 0. The lowest BCUT2D eigenvalue weighted by Gasteiger charge is -2.11. The average Bonchev–Trinajstić information content (AvgIpc) is 2.34. The van der Waals surface area contributed by atoms with Crippen molar-refractivity contribution in [3.05, 3.63) is 34.9 Å². The molecule has 1 aromatic carbocycles. The van der Waals surface area contributed by atoms with Gasteiger partial charge in [-0.3, -0.25) is 14.4 Å². The summed E-state index contributed by atoms with van der Waals surface area (Å²) in [5.74, 6) is -1.28. The van der Waals surface area contributed by atoms with Gasteiger partial charge >= 0.3 is 0 Å². The second-order valence-electron chi connectivity index (χ2n) is 4.18. The highest BCUT2D eigenvalue weighted by Gasteiger charge is 2.12. The molecular weight excluding hydrogens is 246 g/mol. The maximum atomic E-state index is 11.9. The molecule has 0 aliphatic carbocycles. The van der Waals surface area contributed by atoms with E-state index >= 15 is 0 Å². The average molecular weight is 261 g/mol. The predicted octanol–water partition coefficient (Wildman–Crippen LogP) is 0.453. The highest BCUT2D eigenvalue weighted by atomic mass is 16.2. The fourth-order valence-corrected chi connectivity index (χ4v) is 1.42. The smallest absolute Gasteiger partial charge is 0.253 e. The van der Waals surface area contributed by atoms with E-state index < -0.39 is 5.91 Å². The van der Waals surface area contributed by atoms with Crippen molar-refractivity contribution in [3.8, 4) is 0 Å². The monoisotopic (exact) mass is 261 g/mol. The van der Waals surface area contributed by atoms with E-state index in [2.05, 4.69) is 4.99 Å². The number of primary amides is 1. The molecule has 0 aliphatic rings. The summed E-state index contributed by atoms with van der Waals surface area (Å²) in [6.45, 7) is 1.31. The third kappa shape index (κ3) is 4.02. The topological polar surface area (TPSA) is 92.8 Å². The molecule has 0 saturated carbocycles. The molecule has 0 unspecified atom stereocenters. The molecule has 1 aromatic rings. The van der Waals surface area contributed by atoms with Crippen molar-refractivity contribution >= 4 is 23.9 Å². The number of hydrogen-bond acceptors (Lipinski definition) is 3. The van der Waals surface area contributed by atoms with Crippen LogP contribution >= 0.6 is 0 Å². The van der Waals surface area contributed by atoms with Crippen LogP contribution < -0.4 is 5.73 Å². The largest absolute Gasteiger partial charge is 0.366 e. The molecular formula is C13H15N3O3. The van der Waals surface area contributed by atoms with Crippen molar-refractivity contribution < 1.29 is 14.4 Å². The number of nitrogens with two attached hydrogens (primary N) is 1. The molecule has 0 atom stereocenters. The Balaban J connectivity index is 3.29. The van der Waals surface area contributed by atoms with Crippen LogP contribution in [0.2, 0.25) is 0 Å². The Morgan fingerprint density at radius 1 is 1.16 bits per heavy atom. The SMILES string of the molecule is CC(=O)N=Cc1cc(C(N)=O)cc(C(=O)N(C)C)c1. The van der Waals surface area contributed by atoms with Gasteiger partial charge in [0.15, 0.2) is 0 Å². The van der Waals surface area contributed by atoms with Crippen molar-refractivity contribution in [1.82, 2.24) is 4.90 Å². The van der Waals surface area contributed by atoms with Gasteiger partial charge in [0, 0.05) is 38.4 Å². The first-order valence-electron chi connectivity index (χ1n) is 5.52. The molecule has 3 amide bonds. The van der Waals surface area contributed by atoms with E-state index in [1.165, 1.54) is 30.2 Å². The molecule has 0 bridgehead atoms. The van der Waals surface area contributed by atoms with Crippen molar-refractivity contribution in [2.24, 2.45) is 10.7 Å². The number of aliphatic imine (C=N–C) groups is 1. The summed E-state index contributed by atoms with van der Waals surface area (Å²) in [7, 11) is 3.20. The maximum Gasteiger partial charge on any atom is 0.253 e. The summed E-state index contributed by atoms with van der Waals surface area (Å²) in [4.78, 5) is 38.9. The standard InChI is InChI=1S/C13H15N3O3/c1-8(17)15-7-9-4-10(12(14)18)6-11(5-9)13(19)16(2)3/h4-7H,1-3H3,(H2,14,18). The van der Waals surface area contributed by atoms with E-state index in [9.17, 15) is 14.4 Å². The molecule has 0 heterocycles. The second kappa shape index (κ2) is 5.90. The Bertz CT molecular complexity index is 562. The lowest BCUT2D eigenvalue weighted by molar-refractivity contribution is -0.115. The van der Waals surface area contributed by atoms with E-state index in [1.807, 2.05) is 0 Å². The van der Waals surface area contributed by atoms with Gasteiger partial charge in [-0.05, 0) is 23.8 Å². The summed E-state index contributed by atoms with van der Waals surface area (Å²) in [6, 6.07) is 4.43. The summed E-state index contributed by atoms with van der Waals surface area (Å²) in [5.41, 5.74) is 6.18. The fraction of sp³-hybridized carbons (Fsp3) is 0.231. The summed E-state index contributed by atoms with van der Waals surface area (Å²) < 4.78 is 0. The van der Waals surface area contributed by atoms with Crippen molar-refractivity contribution in [2.45, 2.75) is 6.92 Å². The molecule has 1 rings (SSSR count). The first-order valence-corrected chi connectivity index (χ1v) is 5.52. The number of amides is 3. The molecule has 0 aromatic heterocycles. The molecule has 6 heteroatoms. The molecule has 0 fully saturated rings. The van der Waals surface area contributed by atoms with E-state index in [0.717, 1.165) is 0 Å². The van der Waals surface area contributed by atoms with Gasteiger partial charge in [-0.15, -0.1) is 0 Å². The number of hydrogen-bond donors (Lipinski definition) is 1. The normalized spacial score (nSPS) is 10.5. The Hall–Kier alpha value is -2.50. The molecule has 6 nitrogen and oxygen atoms in total. The number of carbonyl (C=O) groups excluding carboxylic acids is 3. The molecule has 0 radical (unpaired) electrons. The first-order chi connectivity index (χ1) is 8.81. The lowest BCUT2D eigenvalue weighted by atomic mass is 10.0. The molecule has 2 N–H and O–H groups in total. The fourth-order valence-electron chi connectivity index (χ4n) is 1.42. The van der Waals surface area contributed by atoms with E-state index in [0.29, 0.717) is 11.1 Å². The zero-order valence-electron chi connectivity index (χ0n) is 11.0. The van der Waals surface area contributed by atoms with Crippen LogP contribution in [0.15, 0.2) is 23.2 Å². The molecule has 19 heavy (non-hydrogen) atoms. The van der Waals surface area contributed by atoms with Crippen LogP contribution in [0.5, 0.6) is 0 Å². The van der Waals surface area contributed by atoms with Gasteiger partial charge < -0.3 is 10.6 Å². The molecule has 0 aliphatic heterocycles. The van der Waals surface area contributed by atoms with Crippen molar-refractivity contribution in [3.63, 3.8) is 0 Å². The zero-order valence-corrected chi connectivity index (χ0v) is 11.0. The summed E-state index contributed by atoms with van der Waals surface area (Å²) in [6.07, 6.45) is 1.29. The molecule has 100 valence electrons. The predicted molar refractivity (Wildman–Crippen MR) is 71.3 cm³/mol. The highest BCUT2D eigenvalue weighted by molar-refractivity contribution is 6.02. The van der Waals surface area contributed by atoms with Crippen molar-refractivity contribution in [2.75, 3.05) is 14.1 Å². The highest BCUT2D eigenvalue weighted by Crippen LogP contribution is 2.11. The van der Waals surface area contributed by atoms with Gasteiger partial charge in [-0.2, -0.15) is 0 Å². The van der Waals surface area contributed by atoms with E-state index in [1.54, 1.807) is 20.2 Å². The van der Waals surface area contributed by atoms with Crippen molar-refractivity contribution in [1.29, 1.82) is 0 Å². The summed E-state index contributed by atoms with van der Waals surface area (Å²) >= 11 is 0. The van der Waals surface area contributed by atoms with Crippen LogP contribution in [0.3, 0.4) is 0 Å². The Kier molecular flexibility index (Phi) is 4.52. The third-order valence-corrected chi connectivity index (χ3v) is 2.29. The van der Waals surface area contributed by atoms with Gasteiger partial charge in [0.05, 0.1) is 0 Å². The van der Waals surface area contributed by atoms with Gasteiger partial charge in [-0.1, -0.05) is 0 Å². The van der Waals surface area contributed by atoms with Crippen LogP contribution in [0.1, 0.15) is 33.2 Å². The Labute approximate surface area is 110 Å². The second-order valence-corrected chi connectivity index (χ2v) is 4.18. The van der Waals surface area contributed by atoms with Crippen LogP contribution in [-0.4, -0.2) is 42.9 Å². The maximum absolute atomic E-state index is 11.9. The zero-order chi connectivity index (χ0) is 14.6. The quantitative estimate of drug-likeness (QED) is 0.801. The van der Waals surface area contributed by atoms with Crippen LogP contribution in [0.4, 0.5) is 0 Å². The minimum Gasteiger partial charge on any atom is -0.366 e. The number of benzene rings is 1. The Morgan fingerprint density at radius 3 is 2.21 bits per heavy atom. The van der Waals surface area contributed by atoms with E-state index in [4.69, 9.17) is 5.73 Å². The molecule has 0 saturated heterocycles. The molecule has 0 spiro atoms. The Morgan fingerprint density at radius 2 is 1.74 bits per heavy atom. The third-order valence-electron chi connectivity index (χ3n) is 2.29. The lowest BCUT2D eigenvalue weighted by Crippen LogP contribution is -2.22. The van der Waals surface area contributed by atoms with Crippen LogP contribution in [-0.2, 0) is 4.79 Å². The first kappa shape index (κ1) is 14.6. The van der Waals surface area contributed by atoms with Gasteiger partial charge in [-0.25, -0.2) is 4.99 Å². The van der Waals surface area contributed by atoms with E-state index in [-0.39, 0.29) is 17.4 Å². The number of nitrogens with zero attached hydrogens (tertiary/aromatic N) is 2.